The number of amides is 1. The van der Waals surface area contributed by atoms with Gasteiger partial charge in [0.05, 0.1) is 31.1 Å². The molecule has 0 radical (unpaired) electrons. The Hall–Kier alpha value is -3.34. The third-order valence-electron chi connectivity index (χ3n) is 3.90. The molecule has 2 aromatic carbocycles. The predicted octanol–water partition coefficient (Wildman–Crippen LogP) is 4.32. The number of nitrogens with one attached hydrogen (secondary N) is 2. The Bertz CT molecular complexity index is 875. The van der Waals surface area contributed by atoms with Gasteiger partial charge in [0.1, 0.15) is 11.6 Å². The summed E-state index contributed by atoms with van der Waals surface area (Å²) in [6.45, 7) is 2.02. The number of benzene rings is 2. The number of hydrogen-bond acceptors (Lipinski definition) is 4. The van der Waals surface area contributed by atoms with E-state index in [1.807, 2.05) is 61.5 Å². The summed E-state index contributed by atoms with van der Waals surface area (Å²) in [6, 6.07) is 19.2. The predicted molar refractivity (Wildman–Crippen MR) is 104 cm³/mol. The SMILES string of the molecule is COc1ccccc1Nc1ccc(NC(=O)Cc2ccc(C)cc2)nc1. The Morgan fingerprint density at radius 1 is 1.04 bits per heavy atom. The second-order valence-electron chi connectivity index (χ2n) is 5.97. The van der Waals surface area contributed by atoms with Crippen LogP contribution in [0.25, 0.3) is 0 Å². The maximum atomic E-state index is 12.1. The lowest BCUT2D eigenvalue weighted by molar-refractivity contribution is -0.115. The molecule has 1 heterocycles. The van der Waals surface area contributed by atoms with Crippen molar-refractivity contribution in [3.8, 4) is 5.75 Å². The lowest BCUT2D eigenvalue weighted by Gasteiger charge is -2.11. The number of nitrogens with zero attached hydrogens (tertiary/aromatic N) is 1. The first-order valence-electron chi connectivity index (χ1n) is 8.35. The first-order chi connectivity index (χ1) is 12.6. The van der Waals surface area contributed by atoms with Crippen LogP contribution in [-0.4, -0.2) is 18.0 Å². The van der Waals surface area contributed by atoms with Crippen LogP contribution in [0.1, 0.15) is 11.1 Å². The van der Waals surface area contributed by atoms with Gasteiger partial charge >= 0.3 is 0 Å². The van der Waals surface area contributed by atoms with Gasteiger partial charge in [0.2, 0.25) is 5.91 Å². The van der Waals surface area contributed by atoms with E-state index in [1.54, 1.807) is 19.4 Å². The molecular formula is C21H21N3O2. The molecule has 5 nitrogen and oxygen atoms in total. The van der Waals surface area contributed by atoms with E-state index in [-0.39, 0.29) is 5.91 Å². The number of anilines is 3. The maximum absolute atomic E-state index is 12.1. The quantitative estimate of drug-likeness (QED) is 0.697. The number of rotatable bonds is 6. The average molecular weight is 347 g/mol. The van der Waals surface area contributed by atoms with Gasteiger partial charge in [-0.3, -0.25) is 4.79 Å². The molecular weight excluding hydrogens is 326 g/mol. The monoisotopic (exact) mass is 347 g/mol. The number of carbonyl (C=O) groups is 1. The molecule has 0 aliphatic heterocycles. The summed E-state index contributed by atoms with van der Waals surface area (Å²) in [5.41, 5.74) is 3.82. The molecule has 26 heavy (non-hydrogen) atoms. The van der Waals surface area contributed by atoms with Crippen molar-refractivity contribution >= 4 is 23.1 Å². The van der Waals surface area contributed by atoms with E-state index in [0.29, 0.717) is 12.2 Å². The van der Waals surface area contributed by atoms with E-state index in [0.717, 1.165) is 22.7 Å². The molecule has 0 bridgehead atoms. The lowest BCUT2D eigenvalue weighted by atomic mass is 10.1. The Morgan fingerprint density at radius 3 is 2.50 bits per heavy atom. The van der Waals surface area contributed by atoms with Gasteiger partial charge < -0.3 is 15.4 Å². The van der Waals surface area contributed by atoms with Gasteiger partial charge in [-0.15, -0.1) is 0 Å². The minimum Gasteiger partial charge on any atom is -0.495 e. The molecule has 1 aromatic heterocycles. The highest BCUT2D eigenvalue weighted by Gasteiger charge is 2.06. The zero-order chi connectivity index (χ0) is 18.4. The Labute approximate surface area is 153 Å². The standard InChI is InChI=1S/C21H21N3O2/c1-15-7-9-16(10-8-15)13-21(25)24-20-12-11-17(14-22-20)23-18-5-3-4-6-19(18)26-2/h3-12,14,23H,13H2,1-2H3,(H,22,24,25). The number of carbonyl (C=O) groups excluding carboxylic acids is 1. The van der Waals surface area contributed by atoms with Gasteiger partial charge in [-0.2, -0.15) is 0 Å². The van der Waals surface area contributed by atoms with Crippen LogP contribution >= 0.6 is 0 Å². The summed E-state index contributed by atoms with van der Waals surface area (Å²) >= 11 is 0. The molecule has 0 atom stereocenters. The Balaban J connectivity index is 1.60. The van der Waals surface area contributed by atoms with Gasteiger partial charge in [-0.1, -0.05) is 42.0 Å². The van der Waals surface area contributed by atoms with Crippen LogP contribution in [-0.2, 0) is 11.2 Å². The van der Waals surface area contributed by atoms with Crippen molar-refractivity contribution in [3.63, 3.8) is 0 Å². The smallest absolute Gasteiger partial charge is 0.229 e. The van der Waals surface area contributed by atoms with Crippen molar-refractivity contribution in [3.05, 3.63) is 78.0 Å². The third-order valence-corrected chi connectivity index (χ3v) is 3.90. The van der Waals surface area contributed by atoms with Crippen molar-refractivity contribution in [2.24, 2.45) is 0 Å². The Morgan fingerprint density at radius 2 is 1.81 bits per heavy atom. The number of aromatic nitrogens is 1. The van der Waals surface area contributed by atoms with Crippen molar-refractivity contribution in [1.29, 1.82) is 0 Å². The van der Waals surface area contributed by atoms with Gasteiger partial charge in [0, 0.05) is 0 Å². The highest BCUT2D eigenvalue weighted by molar-refractivity contribution is 5.91. The van der Waals surface area contributed by atoms with Gasteiger partial charge in [-0.25, -0.2) is 4.98 Å². The summed E-state index contributed by atoms with van der Waals surface area (Å²) in [5, 5.41) is 6.07. The molecule has 0 unspecified atom stereocenters. The molecule has 132 valence electrons. The fourth-order valence-corrected chi connectivity index (χ4v) is 2.52. The van der Waals surface area contributed by atoms with Gasteiger partial charge in [-0.05, 0) is 36.8 Å². The summed E-state index contributed by atoms with van der Waals surface area (Å²) in [7, 11) is 1.63. The van der Waals surface area contributed by atoms with E-state index in [4.69, 9.17) is 4.74 Å². The van der Waals surface area contributed by atoms with Crippen molar-refractivity contribution in [2.75, 3.05) is 17.7 Å². The van der Waals surface area contributed by atoms with Crippen LogP contribution in [0.15, 0.2) is 66.9 Å². The molecule has 0 spiro atoms. The van der Waals surface area contributed by atoms with E-state index in [2.05, 4.69) is 15.6 Å². The fraction of sp³-hybridized carbons (Fsp3) is 0.143. The van der Waals surface area contributed by atoms with Crippen molar-refractivity contribution in [2.45, 2.75) is 13.3 Å². The molecule has 3 rings (SSSR count). The average Bonchev–Trinajstić information content (AvgIpc) is 2.65. The summed E-state index contributed by atoms with van der Waals surface area (Å²) in [4.78, 5) is 16.4. The van der Waals surface area contributed by atoms with Crippen LogP contribution in [0, 0.1) is 6.92 Å². The normalized spacial score (nSPS) is 10.2. The van der Waals surface area contributed by atoms with Crippen LogP contribution in [0.2, 0.25) is 0 Å². The summed E-state index contributed by atoms with van der Waals surface area (Å²) in [6.07, 6.45) is 2.00. The number of para-hydroxylation sites is 2. The molecule has 0 saturated heterocycles. The zero-order valence-corrected chi connectivity index (χ0v) is 14.8. The second-order valence-corrected chi connectivity index (χ2v) is 5.97. The fourth-order valence-electron chi connectivity index (χ4n) is 2.52. The first kappa shape index (κ1) is 17.5. The summed E-state index contributed by atoms with van der Waals surface area (Å²) in [5.74, 6) is 1.18. The number of aryl methyl sites for hydroxylation is 1. The van der Waals surface area contributed by atoms with Crippen molar-refractivity contribution in [1.82, 2.24) is 4.98 Å². The number of ether oxygens (including phenoxy) is 1. The van der Waals surface area contributed by atoms with Crippen molar-refractivity contribution < 1.29 is 9.53 Å². The molecule has 5 heteroatoms. The molecule has 0 aliphatic carbocycles. The summed E-state index contributed by atoms with van der Waals surface area (Å²) < 4.78 is 5.32. The van der Waals surface area contributed by atoms with Crippen LogP contribution in [0.5, 0.6) is 5.75 Å². The van der Waals surface area contributed by atoms with E-state index >= 15 is 0 Å². The van der Waals surface area contributed by atoms with Crippen LogP contribution in [0.4, 0.5) is 17.2 Å². The molecule has 1 amide bonds. The zero-order valence-electron chi connectivity index (χ0n) is 14.8. The van der Waals surface area contributed by atoms with Gasteiger partial charge in [0.15, 0.2) is 0 Å². The minimum absolute atomic E-state index is 0.0909. The molecule has 3 aromatic rings. The number of hydrogen-bond donors (Lipinski definition) is 2. The van der Waals surface area contributed by atoms with Crippen LogP contribution in [0.3, 0.4) is 0 Å². The largest absolute Gasteiger partial charge is 0.495 e. The number of pyridine rings is 1. The second kappa shape index (κ2) is 8.16. The van der Waals surface area contributed by atoms with E-state index < -0.39 is 0 Å². The van der Waals surface area contributed by atoms with Crippen LogP contribution < -0.4 is 15.4 Å². The maximum Gasteiger partial charge on any atom is 0.229 e. The Kier molecular flexibility index (Phi) is 5.49. The minimum atomic E-state index is -0.0909. The topological polar surface area (TPSA) is 63.2 Å². The highest BCUT2D eigenvalue weighted by Crippen LogP contribution is 2.26. The lowest BCUT2D eigenvalue weighted by Crippen LogP contribution is -2.15. The molecule has 0 aliphatic rings. The van der Waals surface area contributed by atoms with E-state index in [9.17, 15) is 4.79 Å². The number of methoxy groups -OCH3 is 1. The first-order valence-corrected chi connectivity index (χ1v) is 8.35. The third kappa shape index (κ3) is 4.60. The molecule has 0 saturated carbocycles. The molecule has 2 N–H and O–H groups in total. The molecule has 0 fully saturated rings. The van der Waals surface area contributed by atoms with E-state index in [1.165, 1.54) is 5.56 Å². The highest BCUT2D eigenvalue weighted by atomic mass is 16.5. The van der Waals surface area contributed by atoms with Gasteiger partial charge in [0.25, 0.3) is 0 Å².